The molecule has 1 fully saturated rings. The van der Waals surface area contributed by atoms with Gasteiger partial charge in [0.25, 0.3) is 5.91 Å². The van der Waals surface area contributed by atoms with E-state index in [2.05, 4.69) is 0 Å². The lowest BCUT2D eigenvalue weighted by Gasteiger charge is -2.28. The van der Waals surface area contributed by atoms with Crippen LogP contribution in [0.15, 0.2) is 42.5 Å². The van der Waals surface area contributed by atoms with Crippen LogP contribution in [0.4, 0.5) is 0 Å². The van der Waals surface area contributed by atoms with Crippen molar-refractivity contribution in [2.24, 2.45) is 0 Å². The van der Waals surface area contributed by atoms with Gasteiger partial charge in [0.2, 0.25) is 5.91 Å². The Morgan fingerprint density at radius 3 is 2.69 bits per heavy atom. The van der Waals surface area contributed by atoms with E-state index in [1.165, 1.54) is 7.11 Å². The lowest BCUT2D eigenvalue weighted by atomic mass is 10.1. The normalized spacial score (nSPS) is 15.9. The fourth-order valence-corrected chi connectivity index (χ4v) is 3.82. The molecule has 2 amide bonds. The van der Waals surface area contributed by atoms with Crippen molar-refractivity contribution >= 4 is 23.4 Å². The lowest BCUT2D eigenvalue weighted by molar-refractivity contribution is -0.134. The van der Waals surface area contributed by atoms with Gasteiger partial charge < -0.3 is 19.3 Å². The third-order valence-electron chi connectivity index (χ3n) is 5.12. The second-order valence-electron chi connectivity index (χ2n) is 7.05. The Morgan fingerprint density at radius 1 is 1.17 bits per heavy atom. The molecular weight excluding hydrogens is 392 g/mol. The second-order valence-corrected chi connectivity index (χ2v) is 7.48. The zero-order chi connectivity index (χ0) is 21.0. The largest absolute Gasteiger partial charge is 0.497 e. The van der Waals surface area contributed by atoms with Gasteiger partial charge in [-0.05, 0) is 48.7 Å². The highest BCUT2D eigenvalue weighted by Crippen LogP contribution is 2.28. The molecule has 0 radical (unpaired) electrons. The lowest BCUT2D eigenvalue weighted by Crippen LogP contribution is -2.46. The molecule has 1 unspecified atom stereocenters. The molecule has 7 heteroatoms. The van der Waals surface area contributed by atoms with Gasteiger partial charge in [-0.1, -0.05) is 23.7 Å². The molecule has 1 aliphatic rings. The molecule has 0 aromatic heterocycles. The molecule has 0 bridgehead atoms. The Labute approximate surface area is 176 Å². The predicted octanol–water partition coefficient (Wildman–Crippen LogP) is 3.62. The van der Waals surface area contributed by atoms with Crippen LogP contribution < -0.4 is 9.47 Å². The highest BCUT2D eigenvalue weighted by molar-refractivity contribution is 6.31. The number of hydrogen-bond donors (Lipinski definition) is 0. The molecule has 0 saturated carbocycles. The summed E-state index contributed by atoms with van der Waals surface area (Å²) >= 11 is 6.08. The summed E-state index contributed by atoms with van der Waals surface area (Å²) in [7, 11) is 4.87. The quantitative estimate of drug-likeness (QED) is 0.721. The van der Waals surface area contributed by atoms with Gasteiger partial charge in [-0.3, -0.25) is 9.59 Å². The number of likely N-dealkylation sites (N-methyl/N-ethyl adjacent to an activating group) is 1. The topological polar surface area (TPSA) is 59.1 Å². The molecule has 0 spiro atoms. The van der Waals surface area contributed by atoms with Gasteiger partial charge in [-0.2, -0.15) is 0 Å². The van der Waals surface area contributed by atoms with E-state index in [4.69, 9.17) is 21.1 Å². The van der Waals surface area contributed by atoms with Crippen LogP contribution in [-0.4, -0.2) is 55.5 Å². The number of ether oxygens (including phenoxy) is 2. The molecule has 6 nitrogen and oxygen atoms in total. The molecule has 1 heterocycles. The number of benzene rings is 2. The summed E-state index contributed by atoms with van der Waals surface area (Å²) in [6.45, 7) is 0.965. The minimum absolute atomic E-state index is 0.0836. The summed E-state index contributed by atoms with van der Waals surface area (Å²) in [5.41, 5.74) is 1.34. The summed E-state index contributed by atoms with van der Waals surface area (Å²) < 4.78 is 10.6. The number of methoxy groups -OCH3 is 2. The number of halogens is 1. The third kappa shape index (κ3) is 4.65. The Kier molecular flexibility index (Phi) is 6.64. The summed E-state index contributed by atoms with van der Waals surface area (Å²) in [5, 5.41) is 0.450. The first kappa shape index (κ1) is 21.0. The Balaban J connectivity index is 1.76. The standard InChI is InChI=1S/C22H25ClN2O4/c1-24(14-15-6-4-7-17(12-15)28-2)22(27)19-8-5-11-25(19)21(26)18-13-16(23)9-10-20(18)29-3/h4,6-7,9-10,12-13,19H,5,8,11,14H2,1-3H3. The smallest absolute Gasteiger partial charge is 0.258 e. The summed E-state index contributed by atoms with van der Waals surface area (Å²) in [5.74, 6) is 0.867. The first-order valence-corrected chi connectivity index (χ1v) is 9.84. The van der Waals surface area contributed by atoms with Crippen LogP contribution in [0, 0.1) is 0 Å². The van der Waals surface area contributed by atoms with Crippen molar-refractivity contribution in [3.8, 4) is 11.5 Å². The maximum absolute atomic E-state index is 13.2. The molecule has 2 aromatic rings. The first-order valence-electron chi connectivity index (χ1n) is 9.47. The SMILES string of the molecule is COc1cccc(CN(C)C(=O)C2CCCN2C(=O)c2cc(Cl)ccc2OC)c1. The molecule has 1 saturated heterocycles. The van der Waals surface area contributed by atoms with Gasteiger partial charge >= 0.3 is 0 Å². The van der Waals surface area contributed by atoms with Crippen molar-refractivity contribution in [1.29, 1.82) is 0 Å². The van der Waals surface area contributed by atoms with E-state index < -0.39 is 6.04 Å². The average molecular weight is 417 g/mol. The van der Waals surface area contributed by atoms with Crippen LogP contribution >= 0.6 is 11.6 Å². The third-order valence-corrected chi connectivity index (χ3v) is 5.36. The van der Waals surface area contributed by atoms with E-state index in [1.54, 1.807) is 42.2 Å². The van der Waals surface area contributed by atoms with Crippen molar-refractivity contribution in [3.05, 3.63) is 58.6 Å². The average Bonchev–Trinajstić information content (AvgIpc) is 3.22. The number of nitrogens with zero attached hydrogens (tertiary/aromatic N) is 2. The molecule has 1 atom stereocenters. The van der Waals surface area contributed by atoms with E-state index in [0.717, 1.165) is 17.7 Å². The molecule has 29 heavy (non-hydrogen) atoms. The Bertz CT molecular complexity index is 902. The van der Waals surface area contributed by atoms with Crippen LogP contribution in [0.3, 0.4) is 0 Å². The number of likely N-dealkylation sites (tertiary alicyclic amines) is 1. The number of amides is 2. The van der Waals surface area contributed by atoms with Crippen LogP contribution in [0.5, 0.6) is 11.5 Å². The fraction of sp³-hybridized carbons (Fsp3) is 0.364. The van der Waals surface area contributed by atoms with E-state index >= 15 is 0 Å². The van der Waals surface area contributed by atoms with Crippen molar-refractivity contribution < 1.29 is 19.1 Å². The first-order chi connectivity index (χ1) is 13.9. The van der Waals surface area contributed by atoms with Gasteiger partial charge in [0.1, 0.15) is 17.5 Å². The van der Waals surface area contributed by atoms with Crippen LogP contribution in [0.25, 0.3) is 0 Å². The number of carbonyl (C=O) groups is 2. The number of rotatable bonds is 6. The van der Waals surface area contributed by atoms with Gasteiger partial charge in [-0.25, -0.2) is 0 Å². The van der Waals surface area contributed by atoms with Crippen molar-refractivity contribution in [2.45, 2.75) is 25.4 Å². The summed E-state index contributed by atoms with van der Waals surface area (Å²) in [6, 6.07) is 12.0. The van der Waals surface area contributed by atoms with Gasteiger partial charge in [0.15, 0.2) is 0 Å². The van der Waals surface area contributed by atoms with Crippen LogP contribution in [0.1, 0.15) is 28.8 Å². The number of hydrogen-bond acceptors (Lipinski definition) is 4. The molecule has 3 rings (SSSR count). The zero-order valence-electron chi connectivity index (χ0n) is 16.9. The summed E-state index contributed by atoms with van der Waals surface area (Å²) in [4.78, 5) is 29.6. The van der Waals surface area contributed by atoms with E-state index in [9.17, 15) is 9.59 Å². The minimum atomic E-state index is -0.498. The molecule has 0 N–H and O–H groups in total. The van der Waals surface area contributed by atoms with E-state index in [1.807, 2.05) is 24.3 Å². The van der Waals surface area contributed by atoms with E-state index in [-0.39, 0.29) is 11.8 Å². The van der Waals surface area contributed by atoms with E-state index in [0.29, 0.717) is 35.8 Å². The molecular formula is C22H25ClN2O4. The molecule has 154 valence electrons. The Morgan fingerprint density at radius 2 is 1.97 bits per heavy atom. The fourth-order valence-electron chi connectivity index (χ4n) is 3.65. The monoisotopic (exact) mass is 416 g/mol. The van der Waals surface area contributed by atoms with Crippen LogP contribution in [-0.2, 0) is 11.3 Å². The second kappa shape index (κ2) is 9.18. The van der Waals surface area contributed by atoms with Crippen molar-refractivity contribution in [1.82, 2.24) is 9.80 Å². The van der Waals surface area contributed by atoms with Crippen molar-refractivity contribution in [3.63, 3.8) is 0 Å². The summed E-state index contributed by atoms with van der Waals surface area (Å²) in [6.07, 6.45) is 1.41. The van der Waals surface area contributed by atoms with Gasteiger partial charge in [-0.15, -0.1) is 0 Å². The zero-order valence-corrected chi connectivity index (χ0v) is 17.6. The number of carbonyl (C=O) groups excluding carboxylic acids is 2. The van der Waals surface area contributed by atoms with Gasteiger partial charge in [0, 0.05) is 25.2 Å². The van der Waals surface area contributed by atoms with Crippen molar-refractivity contribution in [2.75, 3.05) is 27.8 Å². The highest BCUT2D eigenvalue weighted by Gasteiger charge is 2.37. The molecule has 1 aliphatic heterocycles. The Hall–Kier alpha value is -2.73. The molecule has 2 aromatic carbocycles. The predicted molar refractivity (Wildman–Crippen MR) is 112 cm³/mol. The maximum Gasteiger partial charge on any atom is 0.258 e. The minimum Gasteiger partial charge on any atom is -0.497 e. The van der Waals surface area contributed by atoms with Crippen LogP contribution in [0.2, 0.25) is 5.02 Å². The highest BCUT2D eigenvalue weighted by atomic mass is 35.5. The maximum atomic E-state index is 13.2. The van der Waals surface area contributed by atoms with Gasteiger partial charge in [0.05, 0.1) is 19.8 Å². The molecule has 0 aliphatic carbocycles.